The number of aryl methyl sites for hydroxylation is 1. The first kappa shape index (κ1) is 49.5. The van der Waals surface area contributed by atoms with Gasteiger partial charge in [0.15, 0.2) is 11.6 Å². The lowest BCUT2D eigenvalue weighted by Crippen LogP contribution is -2.45. The van der Waals surface area contributed by atoms with Crippen LogP contribution < -0.4 is 11.1 Å². The van der Waals surface area contributed by atoms with Gasteiger partial charge in [0.1, 0.15) is 29.4 Å². The molecule has 0 aliphatic carbocycles. The van der Waals surface area contributed by atoms with Crippen molar-refractivity contribution >= 4 is 35.1 Å². The monoisotopic (exact) mass is 861 g/mol. The normalized spacial score (nSPS) is 13.5. The van der Waals surface area contributed by atoms with E-state index in [1.54, 1.807) is 12.1 Å². The predicted molar refractivity (Wildman–Crippen MR) is 243 cm³/mol. The van der Waals surface area contributed by atoms with Crippen molar-refractivity contribution in [2.24, 2.45) is 23.5 Å². The van der Waals surface area contributed by atoms with Crippen molar-refractivity contribution in [2.45, 2.75) is 103 Å². The molecule has 6 N–H and O–H groups in total. The molecule has 0 saturated carbocycles. The van der Waals surface area contributed by atoms with Crippen molar-refractivity contribution in [3.8, 4) is 22.6 Å². The van der Waals surface area contributed by atoms with Crippen molar-refractivity contribution in [2.75, 3.05) is 13.6 Å². The number of rotatable bonds is 26. The van der Waals surface area contributed by atoms with E-state index < -0.39 is 47.5 Å². The number of phenols is 2. The van der Waals surface area contributed by atoms with Crippen LogP contribution in [0.2, 0.25) is 0 Å². The fraction of sp³-hybridized carbons (Fsp3) is 0.412. The minimum absolute atomic E-state index is 0.0117. The first-order chi connectivity index (χ1) is 30.1. The molecular weight excluding hydrogens is 799 g/mol. The molecule has 336 valence electrons. The van der Waals surface area contributed by atoms with Crippen molar-refractivity contribution in [3.63, 3.8) is 0 Å². The van der Waals surface area contributed by atoms with Crippen molar-refractivity contribution in [1.29, 1.82) is 0 Å². The first-order valence-electron chi connectivity index (χ1n) is 21.9. The number of hydrogen-bond donors (Lipinski definition) is 5. The van der Waals surface area contributed by atoms with E-state index >= 15 is 0 Å². The van der Waals surface area contributed by atoms with Gasteiger partial charge in [-0.3, -0.25) is 24.0 Å². The third kappa shape index (κ3) is 15.3. The molecule has 12 heteroatoms. The number of unbranched alkanes of at least 4 members (excludes halogenated alkanes) is 2. The largest absolute Gasteiger partial charge is 0.508 e. The predicted octanol–water partition coefficient (Wildman–Crippen LogP) is 8.02. The summed E-state index contributed by atoms with van der Waals surface area (Å²) in [6, 6.07) is 25.2. The molecule has 4 aromatic carbocycles. The quantitative estimate of drug-likeness (QED) is 0.0304. The maximum Gasteiger partial charge on any atom is 0.326 e. The van der Waals surface area contributed by atoms with Gasteiger partial charge in [-0.2, -0.15) is 0 Å². The second-order valence-electron chi connectivity index (χ2n) is 16.8. The van der Waals surface area contributed by atoms with Crippen LogP contribution in [0.3, 0.4) is 0 Å². The smallest absolute Gasteiger partial charge is 0.326 e. The summed E-state index contributed by atoms with van der Waals surface area (Å²) in [4.78, 5) is 82.1. The van der Waals surface area contributed by atoms with Gasteiger partial charge in [-0.25, -0.2) is 4.79 Å². The Labute approximate surface area is 370 Å². The molecule has 0 aliphatic heterocycles. The number of aromatic hydroxyl groups is 2. The molecule has 63 heavy (non-hydrogen) atoms. The third-order valence-corrected chi connectivity index (χ3v) is 11.4. The Kier molecular flexibility index (Phi) is 19.2. The van der Waals surface area contributed by atoms with E-state index in [1.165, 1.54) is 60.8 Å². The number of carboxylic acid groups (broad SMARTS) is 1. The van der Waals surface area contributed by atoms with Gasteiger partial charge in [-0.15, -0.1) is 0 Å². The highest BCUT2D eigenvalue weighted by Gasteiger charge is 2.35. The molecule has 0 bridgehead atoms. The fourth-order valence-electron chi connectivity index (χ4n) is 7.78. The number of ketones is 3. The van der Waals surface area contributed by atoms with E-state index in [0.29, 0.717) is 42.5 Å². The van der Waals surface area contributed by atoms with E-state index in [-0.39, 0.29) is 61.1 Å². The molecule has 12 nitrogen and oxygen atoms in total. The average Bonchev–Trinajstić information content (AvgIpc) is 3.26. The lowest BCUT2D eigenvalue weighted by Gasteiger charge is -2.31. The number of Topliss-reactive ketones (excluding diaryl/α,β-unsaturated/α-hetero) is 3. The highest BCUT2D eigenvalue weighted by atomic mass is 16.4. The van der Waals surface area contributed by atoms with Gasteiger partial charge in [0.25, 0.3) is 0 Å². The minimum atomic E-state index is -1.31. The Morgan fingerprint density at radius 1 is 0.698 bits per heavy atom. The molecule has 0 aliphatic rings. The third-order valence-electron chi connectivity index (χ3n) is 11.4. The Balaban J connectivity index is 1.42. The summed E-state index contributed by atoms with van der Waals surface area (Å²) in [7, 11) is 1.47. The molecular formula is C51H63N3O9. The van der Waals surface area contributed by atoms with Crippen LogP contribution in [0.25, 0.3) is 11.1 Å². The van der Waals surface area contributed by atoms with Crippen molar-refractivity contribution in [1.82, 2.24) is 10.2 Å². The molecule has 0 heterocycles. The molecule has 2 amide bonds. The van der Waals surface area contributed by atoms with Gasteiger partial charge in [0.2, 0.25) is 11.8 Å². The highest BCUT2D eigenvalue weighted by molar-refractivity contribution is 5.97. The Morgan fingerprint density at radius 2 is 1.27 bits per heavy atom. The molecule has 1 unspecified atom stereocenters. The molecule has 0 saturated heterocycles. The maximum absolute atomic E-state index is 14.4. The summed E-state index contributed by atoms with van der Waals surface area (Å²) in [5.74, 6) is -5.30. The van der Waals surface area contributed by atoms with Gasteiger partial charge in [0, 0.05) is 56.6 Å². The summed E-state index contributed by atoms with van der Waals surface area (Å²) in [6.07, 6.45) is 4.56. The van der Waals surface area contributed by atoms with Crippen molar-refractivity contribution < 1.29 is 44.1 Å². The summed E-state index contributed by atoms with van der Waals surface area (Å²) >= 11 is 0. The van der Waals surface area contributed by atoms with Crippen molar-refractivity contribution in [3.05, 3.63) is 119 Å². The standard InChI is InChI=1S/C51H63N3O9/c1-5-6-9-35-11-15-37(16-12-35)38-17-19-39(20-18-38)46(58)29-33(2)28-44(57)32-41(10-7-8-27-52)50(61)54(4)48(40-21-25-43(56)26-22-40)47(59)30-34(3)49(60)53-45(51(62)63)31-36-13-23-42(55)24-14-36/h11-26,33-34,41,45,48,55-56H,5-10,27-32,52H2,1-4H3,(H,53,60)(H,62,63)/t33?,34-,41-,45+,48+/m1/s1. The number of likely N-dealkylation sites (N-methyl/N-ethyl adjacent to an activating group) is 1. The van der Waals surface area contributed by atoms with Crippen LogP contribution >= 0.6 is 0 Å². The molecule has 5 atom stereocenters. The van der Waals surface area contributed by atoms with Gasteiger partial charge in [0.05, 0.1) is 0 Å². The second kappa shape index (κ2) is 24.5. The van der Waals surface area contributed by atoms with Crippen LogP contribution in [0.15, 0.2) is 97.1 Å². The molecule has 0 radical (unpaired) electrons. The number of nitrogens with zero attached hydrogens (tertiary/aromatic N) is 1. The number of phenolic OH excluding ortho intramolecular Hbond substituents is 2. The SMILES string of the molecule is CCCCc1ccc(-c2ccc(C(=O)CC(C)CC(=O)C[C@@H](CCCCN)C(=O)N(C)[C@H](C(=O)C[C@@H](C)C(=O)N[C@@H](Cc3ccc(O)cc3)C(=O)O)c3ccc(O)cc3)cc2)cc1. The van der Waals surface area contributed by atoms with Crippen LogP contribution in [0, 0.1) is 17.8 Å². The Morgan fingerprint density at radius 3 is 1.84 bits per heavy atom. The Bertz CT molecular complexity index is 2130. The summed E-state index contributed by atoms with van der Waals surface area (Å²) in [6.45, 7) is 5.89. The van der Waals surface area contributed by atoms with Crippen LogP contribution in [0.4, 0.5) is 0 Å². The minimum Gasteiger partial charge on any atom is -0.508 e. The average molecular weight is 862 g/mol. The van der Waals surface area contributed by atoms with Crippen LogP contribution in [-0.4, -0.2) is 75.0 Å². The van der Waals surface area contributed by atoms with E-state index in [1.807, 2.05) is 31.2 Å². The zero-order valence-corrected chi connectivity index (χ0v) is 36.9. The van der Waals surface area contributed by atoms with Crippen LogP contribution in [0.5, 0.6) is 11.5 Å². The van der Waals surface area contributed by atoms with E-state index in [0.717, 1.165) is 30.4 Å². The van der Waals surface area contributed by atoms with Gasteiger partial charge < -0.3 is 31.3 Å². The lowest BCUT2D eigenvalue weighted by atomic mass is 9.88. The van der Waals surface area contributed by atoms with E-state index in [4.69, 9.17) is 5.73 Å². The van der Waals surface area contributed by atoms with Gasteiger partial charge in [-0.05, 0) is 90.2 Å². The number of carbonyl (C=O) groups is 6. The topological polar surface area (TPSA) is 204 Å². The fourth-order valence-corrected chi connectivity index (χ4v) is 7.78. The highest BCUT2D eigenvalue weighted by Crippen LogP contribution is 2.30. The van der Waals surface area contributed by atoms with Crippen LogP contribution in [0.1, 0.15) is 112 Å². The number of carboxylic acids is 1. The Hall–Kier alpha value is -6.14. The first-order valence-corrected chi connectivity index (χ1v) is 21.9. The number of carbonyl (C=O) groups excluding carboxylic acids is 5. The number of aliphatic carboxylic acids is 1. The summed E-state index contributed by atoms with van der Waals surface area (Å²) < 4.78 is 0. The zero-order chi connectivity index (χ0) is 46.1. The lowest BCUT2D eigenvalue weighted by molar-refractivity contribution is -0.144. The molecule has 0 fully saturated rings. The number of nitrogens with two attached hydrogens (primary N) is 1. The molecule has 4 aromatic rings. The number of benzene rings is 4. The zero-order valence-electron chi connectivity index (χ0n) is 36.9. The van der Waals surface area contributed by atoms with Gasteiger partial charge in [-0.1, -0.05) is 106 Å². The second-order valence-corrected chi connectivity index (χ2v) is 16.8. The number of hydrogen-bond acceptors (Lipinski definition) is 9. The molecule has 0 aromatic heterocycles. The van der Waals surface area contributed by atoms with E-state index in [9.17, 15) is 44.1 Å². The molecule has 4 rings (SSSR count). The summed E-state index contributed by atoms with van der Waals surface area (Å²) in [5.41, 5.74) is 10.7. The number of nitrogens with one attached hydrogen (secondary N) is 1. The molecule has 0 spiro atoms. The van der Waals surface area contributed by atoms with Gasteiger partial charge >= 0.3 is 5.97 Å². The number of amides is 2. The van der Waals surface area contributed by atoms with E-state index in [2.05, 4.69) is 36.5 Å². The van der Waals surface area contributed by atoms with Crippen LogP contribution in [-0.2, 0) is 36.8 Å². The maximum atomic E-state index is 14.4. The summed E-state index contributed by atoms with van der Waals surface area (Å²) in [5, 5.41) is 32.0.